The minimum Gasteiger partial charge on any atom is -0.305 e. The number of hydrogen-bond donors (Lipinski definition) is 1. The van der Waals surface area contributed by atoms with Gasteiger partial charge in [0.2, 0.25) is 0 Å². The number of nitrogens with one attached hydrogen (secondary N) is 1. The Labute approximate surface area is 206 Å². The molecule has 0 aliphatic rings. The lowest BCUT2D eigenvalue weighted by Gasteiger charge is -2.10. The molecule has 9 nitrogen and oxygen atoms in total. The van der Waals surface area contributed by atoms with E-state index >= 15 is 0 Å². The first kappa shape index (κ1) is 23.0. The quantitative estimate of drug-likeness (QED) is 0.416. The van der Waals surface area contributed by atoms with E-state index in [2.05, 4.69) is 10.3 Å². The maximum Gasteiger partial charge on any atom is 0.332 e. The van der Waals surface area contributed by atoms with Crippen molar-refractivity contribution in [2.45, 2.75) is 13.5 Å². The van der Waals surface area contributed by atoms with Crippen molar-refractivity contribution in [3.63, 3.8) is 0 Å². The summed E-state index contributed by atoms with van der Waals surface area (Å²) in [5.74, 6) is 0.0233. The highest BCUT2D eigenvalue weighted by molar-refractivity contribution is 6.03. The number of nitrogens with zero attached hydrogens (tertiary/aromatic N) is 5. The fraction of sp³-hybridized carbons (Fsp3) is 0.148. The van der Waals surface area contributed by atoms with Gasteiger partial charge in [-0.05, 0) is 30.7 Å². The van der Waals surface area contributed by atoms with E-state index in [1.165, 1.54) is 30.8 Å². The predicted octanol–water partition coefficient (Wildman–Crippen LogP) is 3.10. The second-order valence-electron chi connectivity index (χ2n) is 8.66. The molecule has 0 saturated heterocycles. The van der Waals surface area contributed by atoms with Crippen LogP contribution in [0.4, 0.5) is 5.82 Å². The molecule has 0 fully saturated rings. The topological polar surface area (TPSA) is 104 Å². The maximum absolute atomic E-state index is 13.2. The lowest BCUT2D eigenvalue weighted by atomic mass is 10.1. The van der Waals surface area contributed by atoms with Crippen LogP contribution >= 0.6 is 0 Å². The highest BCUT2D eigenvalue weighted by Gasteiger charge is 2.17. The van der Waals surface area contributed by atoms with Crippen molar-refractivity contribution in [2.75, 3.05) is 5.32 Å². The summed E-state index contributed by atoms with van der Waals surface area (Å²) in [4.78, 5) is 42.3. The molecule has 0 unspecified atom stereocenters. The van der Waals surface area contributed by atoms with Gasteiger partial charge in [-0.3, -0.25) is 18.7 Å². The minimum atomic E-state index is -0.513. The smallest absolute Gasteiger partial charge is 0.305 e. The third-order valence-corrected chi connectivity index (χ3v) is 6.04. The lowest BCUT2D eigenvalue weighted by molar-refractivity contribution is 0.102. The molecule has 0 spiro atoms. The van der Waals surface area contributed by atoms with Gasteiger partial charge < -0.3 is 5.32 Å². The number of pyridine rings is 1. The Morgan fingerprint density at radius 2 is 1.69 bits per heavy atom. The molecular formula is C27H24N6O3. The molecule has 0 saturated carbocycles. The number of carbonyl (C=O) groups excluding carboxylic acids is 1. The van der Waals surface area contributed by atoms with Crippen LogP contribution in [0.3, 0.4) is 0 Å². The van der Waals surface area contributed by atoms with Crippen molar-refractivity contribution in [2.24, 2.45) is 14.1 Å². The van der Waals surface area contributed by atoms with Gasteiger partial charge in [-0.1, -0.05) is 54.1 Å². The Hall–Kier alpha value is -4.79. The zero-order valence-corrected chi connectivity index (χ0v) is 20.1. The molecule has 0 aliphatic carbocycles. The number of fused-ring (bicyclic) bond motifs is 1. The SMILES string of the molecule is Cc1cccc(-c2cc(NC(=O)c3ccc4c(=O)n(C)c(=O)n(C)c4n3)n(Cc3ccccc3)n2)c1. The summed E-state index contributed by atoms with van der Waals surface area (Å²) in [5.41, 5.74) is 3.05. The van der Waals surface area contributed by atoms with Gasteiger partial charge in [-0.2, -0.15) is 5.10 Å². The predicted molar refractivity (Wildman–Crippen MR) is 138 cm³/mol. The summed E-state index contributed by atoms with van der Waals surface area (Å²) in [6.45, 7) is 2.47. The summed E-state index contributed by atoms with van der Waals surface area (Å²) in [6, 6.07) is 22.6. The van der Waals surface area contributed by atoms with Crippen LogP contribution in [0.25, 0.3) is 22.3 Å². The van der Waals surface area contributed by atoms with E-state index in [1.807, 2.05) is 67.6 Å². The van der Waals surface area contributed by atoms with E-state index in [1.54, 1.807) is 4.68 Å². The zero-order valence-electron chi connectivity index (χ0n) is 20.1. The lowest BCUT2D eigenvalue weighted by Crippen LogP contribution is -2.37. The van der Waals surface area contributed by atoms with Crippen molar-refractivity contribution < 1.29 is 4.79 Å². The minimum absolute atomic E-state index is 0.0790. The molecule has 36 heavy (non-hydrogen) atoms. The first-order valence-corrected chi connectivity index (χ1v) is 11.4. The molecule has 5 rings (SSSR count). The first-order chi connectivity index (χ1) is 17.3. The Bertz CT molecular complexity index is 1730. The number of carbonyl (C=O) groups is 1. The van der Waals surface area contributed by atoms with E-state index in [4.69, 9.17) is 5.10 Å². The van der Waals surface area contributed by atoms with E-state index in [9.17, 15) is 14.4 Å². The fourth-order valence-electron chi connectivity index (χ4n) is 4.10. The largest absolute Gasteiger partial charge is 0.332 e. The molecule has 3 aromatic heterocycles. The van der Waals surface area contributed by atoms with Crippen LogP contribution in [0.15, 0.2) is 82.4 Å². The summed E-state index contributed by atoms with van der Waals surface area (Å²) in [5, 5.41) is 7.91. The zero-order chi connectivity index (χ0) is 25.4. The van der Waals surface area contributed by atoms with E-state index in [0.29, 0.717) is 12.4 Å². The second-order valence-corrected chi connectivity index (χ2v) is 8.66. The Morgan fingerprint density at radius 3 is 2.44 bits per heavy atom. The monoisotopic (exact) mass is 480 g/mol. The van der Waals surface area contributed by atoms with Crippen LogP contribution in [0.1, 0.15) is 21.6 Å². The Morgan fingerprint density at radius 1 is 0.917 bits per heavy atom. The molecule has 9 heteroatoms. The Balaban J connectivity index is 1.54. The van der Waals surface area contributed by atoms with Crippen molar-refractivity contribution in [1.82, 2.24) is 23.9 Å². The van der Waals surface area contributed by atoms with Crippen LogP contribution in [-0.4, -0.2) is 29.8 Å². The van der Waals surface area contributed by atoms with Gasteiger partial charge in [0, 0.05) is 25.7 Å². The normalized spacial score (nSPS) is 11.1. The van der Waals surface area contributed by atoms with Crippen LogP contribution in [0, 0.1) is 6.92 Å². The summed E-state index contributed by atoms with van der Waals surface area (Å²) in [7, 11) is 2.92. The van der Waals surface area contributed by atoms with E-state index < -0.39 is 17.2 Å². The number of rotatable bonds is 5. The van der Waals surface area contributed by atoms with Crippen molar-refractivity contribution in [3.05, 3.63) is 110 Å². The van der Waals surface area contributed by atoms with Crippen molar-refractivity contribution in [1.29, 1.82) is 0 Å². The summed E-state index contributed by atoms with van der Waals surface area (Å²) >= 11 is 0. The van der Waals surface area contributed by atoms with Gasteiger partial charge in [0.05, 0.1) is 17.6 Å². The molecule has 0 aliphatic heterocycles. The molecule has 0 radical (unpaired) electrons. The molecule has 180 valence electrons. The number of amides is 1. The average Bonchev–Trinajstić information content (AvgIpc) is 3.28. The fourth-order valence-corrected chi connectivity index (χ4v) is 4.10. The van der Waals surface area contributed by atoms with Gasteiger partial charge in [-0.15, -0.1) is 0 Å². The molecule has 1 N–H and O–H groups in total. The van der Waals surface area contributed by atoms with Gasteiger partial charge in [0.1, 0.15) is 17.2 Å². The van der Waals surface area contributed by atoms with Crippen LogP contribution in [0.5, 0.6) is 0 Å². The van der Waals surface area contributed by atoms with Crippen LogP contribution in [0.2, 0.25) is 0 Å². The molecule has 5 aromatic rings. The molecule has 1 amide bonds. The highest BCUT2D eigenvalue weighted by Crippen LogP contribution is 2.24. The molecule has 0 atom stereocenters. The number of benzene rings is 2. The number of hydrogen-bond acceptors (Lipinski definition) is 5. The van der Waals surface area contributed by atoms with E-state index in [0.717, 1.165) is 27.0 Å². The maximum atomic E-state index is 13.2. The summed E-state index contributed by atoms with van der Waals surface area (Å²) in [6.07, 6.45) is 0. The third kappa shape index (κ3) is 4.22. The van der Waals surface area contributed by atoms with Crippen LogP contribution < -0.4 is 16.6 Å². The van der Waals surface area contributed by atoms with Crippen LogP contribution in [-0.2, 0) is 20.6 Å². The first-order valence-electron chi connectivity index (χ1n) is 11.4. The third-order valence-electron chi connectivity index (χ3n) is 6.04. The van der Waals surface area contributed by atoms with E-state index in [-0.39, 0.29) is 16.7 Å². The number of anilines is 1. The van der Waals surface area contributed by atoms with Gasteiger partial charge in [0.25, 0.3) is 11.5 Å². The molecule has 0 bridgehead atoms. The number of aryl methyl sites for hydroxylation is 2. The second kappa shape index (κ2) is 9.10. The standard InChI is InChI=1S/C27H24N6O3/c1-17-8-7-11-19(14-17)22-15-23(33(30-22)16-18-9-5-4-6-10-18)29-25(34)21-13-12-20-24(28-21)31(2)27(36)32(3)26(20)35/h4-15H,16H2,1-3H3,(H,29,34). The molecule has 2 aromatic carbocycles. The highest BCUT2D eigenvalue weighted by atomic mass is 16.2. The summed E-state index contributed by atoms with van der Waals surface area (Å²) < 4.78 is 4.00. The van der Waals surface area contributed by atoms with Crippen molar-refractivity contribution >= 4 is 22.8 Å². The van der Waals surface area contributed by atoms with Gasteiger partial charge >= 0.3 is 5.69 Å². The van der Waals surface area contributed by atoms with Gasteiger partial charge in [0.15, 0.2) is 0 Å². The molecular weight excluding hydrogens is 456 g/mol. The number of aromatic nitrogens is 5. The average molecular weight is 481 g/mol. The molecule has 3 heterocycles. The Kier molecular flexibility index (Phi) is 5.81. The van der Waals surface area contributed by atoms with Gasteiger partial charge in [-0.25, -0.2) is 14.5 Å². The van der Waals surface area contributed by atoms with Crippen molar-refractivity contribution in [3.8, 4) is 11.3 Å².